The number of fused-ring (bicyclic) bond motifs is 5. The van der Waals surface area contributed by atoms with Gasteiger partial charge in [-0.3, -0.25) is 0 Å². The minimum atomic E-state index is -0.117. The van der Waals surface area contributed by atoms with E-state index in [2.05, 4.69) is 98.8 Å². The van der Waals surface area contributed by atoms with Crippen molar-refractivity contribution in [3.63, 3.8) is 0 Å². The highest BCUT2D eigenvalue weighted by Gasteiger charge is 2.34. The third-order valence-electron chi connectivity index (χ3n) is 7.00. The SMILES string of the molecule is CC1(C)c2ccccc2Oc2cc(-c3ccc(-c4cccc5c4sc4ccccc45)o3)ccc21. The van der Waals surface area contributed by atoms with Crippen molar-refractivity contribution in [2.45, 2.75) is 19.3 Å². The summed E-state index contributed by atoms with van der Waals surface area (Å²) in [5.74, 6) is 3.55. The Morgan fingerprint density at radius 2 is 1.41 bits per heavy atom. The lowest BCUT2D eigenvalue weighted by atomic mass is 9.75. The molecule has 0 spiro atoms. The van der Waals surface area contributed by atoms with Gasteiger partial charge in [0.05, 0.1) is 0 Å². The number of hydrogen-bond donors (Lipinski definition) is 0. The number of hydrogen-bond acceptors (Lipinski definition) is 3. The first kappa shape index (κ1) is 19.6. The summed E-state index contributed by atoms with van der Waals surface area (Å²) in [6, 6.07) is 33.9. The van der Waals surface area contributed by atoms with Gasteiger partial charge in [0.2, 0.25) is 0 Å². The van der Waals surface area contributed by atoms with Crippen LogP contribution in [0, 0.1) is 0 Å². The summed E-state index contributed by atoms with van der Waals surface area (Å²) in [5.41, 5.74) is 4.44. The molecule has 2 nitrogen and oxygen atoms in total. The Hall–Kier alpha value is -3.82. The van der Waals surface area contributed by atoms with E-state index in [4.69, 9.17) is 9.15 Å². The van der Waals surface area contributed by atoms with Crippen LogP contribution in [0.2, 0.25) is 0 Å². The van der Waals surface area contributed by atoms with Gasteiger partial charge in [-0.2, -0.15) is 0 Å². The maximum Gasteiger partial charge on any atom is 0.136 e. The van der Waals surface area contributed by atoms with E-state index in [1.54, 1.807) is 0 Å². The quantitative estimate of drug-likeness (QED) is 0.258. The lowest BCUT2D eigenvalue weighted by molar-refractivity contribution is 0.418. The second kappa shape index (κ2) is 7.09. The zero-order valence-electron chi connectivity index (χ0n) is 19.0. The summed E-state index contributed by atoms with van der Waals surface area (Å²) < 4.78 is 15.3. The Bertz CT molecular complexity index is 1720. The molecule has 3 heteroatoms. The fourth-order valence-corrected chi connectivity index (χ4v) is 6.41. The highest BCUT2D eigenvalue weighted by atomic mass is 32.1. The fraction of sp³-hybridized carbons (Fsp3) is 0.0968. The van der Waals surface area contributed by atoms with Crippen LogP contribution in [-0.4, -0.2) is 0 Å². The molecular weight excluding hydrogens is 436 g/mol. The summed E-state index contributed by atoms with van der Waals surface area (Å²) in [6.45, 7) is 4.51. The van der Waals surface area contributed by atoms with Crippen molar-refractivity contribution in [3.8, 4) is 34.1 Å². The number of ether oxygens (including phenoxy) is 1. The van der Waals surface area contributed by atoms with Gasteiger partial charge in [-0.05, 0) is 36.4 Å². The van der Waals surface area contributed by atoms with Crippen LogP contribution in [0.5, 0.6) is 11.5 Å². The number of para-hydroxylation sites is 1. The van der Waals surface area contributed by atoms with Gasteiger partial charge in [0.15, 0.2) is 0 Å². The van der Waals surface area contributed by atoms with Crippen LogP contribution >= 0.6 is 11.3 Å². The normalized spacial score (nSPS) is 14.1. The summed E-state index contributed by atoms with van der Waals surface area (Å²) >= 11 is 1.82. The van der Waals surface area contributed by atoms with Crippen molar-refractivity contribution in [2.24, 2.45) is 0 Å². The minimum absolute atomic E-state index is 0.117. The predicted octanol–water partition coefficient (Wildman–Crippen LogP) is 9.41. The smallest absolute Gasteiger partial charge is 0.136 e. The molecule has 0 radical (unpaired) electrons. The number of thiophene rings is 1. The molecule has 7 rings (SSSR count). The van der Waals surface area contributed by atoms with Gasteiger partial charge < -0.3 is 9.15 Å². The molecule has 0 fully saturated rings. The third-order valence-corrected chi connectivity index (χ3v) is 8.22. The molecule has 1 aliphatic heterocycles. The van der Waals surface area contributed by atoms with Gasteiger partial charge in [0, 0.05) is 47.8 Å². The molecule has 3 heterocycles. The molecule has 0 saturated carbocycles. The molecule has 6 aromatic rings. The standard InChI is InChI=1S/C31H22O2S/c1-31(2)23-11-4-5-12-27(23)33-28-18-19(14-15-24(28)31)25-16-17-26(32-25)22-10-7-9-21-20-8-3-6-13-29(20)34-30(21)22/h3-18H,1-2H3. The van der Waals surface area contributed by atoms with Crippen molar-refractivity contribution >= 4 is 31.5 Å². The molecule has 4 aromatic carbocycles. The third kappa shape index (κ3) is 2.80. The highest BCUT2D eigenvalue weighted by Crippen LogP contribution is 2.49. The van der Waals surface area contributed by atoms with Crippen LogP contribution in [0.15, 0.2) is 101 Å². The molecule has 0 atom stereocenters. The molecule has 2 aromatic heterocycles. The van der Waals surface area contributed by atoms with E-state index in [1.165, 1.54) is 31.3 Å². The molecular formula is C31H22O2S. The first-order chi connectivity index (χ1) is 16.6. The number of benzene rings is 4. The lowest BCUT2D eigenvalue weighted by Gasteiger charge is -2.34. The van der Waals surface area contributed by atoms with Crippen LogP contribution < -0.4 is 4.74 Å². The topological polar surface area (TPSA) is 22.4 Å². The molecule has 0 aliphatic carbocycles. The summed E-state index contributed by atoms with van der Waals surface area (Å²) in [6.07, 6.45) is 0. The van der Waals surface area contributed by atoms with Gasteiger partial charge in [-0.25, -0.2) is 0 Å². The second-order valence-electron chi connectivity index (χ2n) is 9.38. The van der Waals surface area contributed by atoms with Gasteiger partial charge in [-0.15, -0.1) is 11.3 Å². The zero-order chi connectivity index (χ0) is 22.9. The van der Waals surface area contributed by atoms with Gasteiger partial charge in [0.25, 0.3) is 0 Å². The van der Waals surface area contributed by atoms with Crippen LogP contribution in [-0.2, 0) is 5.41 Å². The summed E-state index contributed by atoms with van der Waals surface area (Å²) in [4.78, 5) is 0. The summed E-state index contributed by atoms with van der Waals surface area (Å²) in [7, 11) is 0. The Labute approximate surface area is 202 Å². The Kier molecular flexibility index (Phi) is 4.09. The van der Waals surface area contributed by atoms with Crippen molar-refractivity contribution < 1.29 is 9.15 Å². The Morgan fingerprint density at radius 3 is 2.35 bits per heavy atom. The van der Waals surface area contributed by atoms with Crippen LogP contribution in [0.3, 0.4) is 0 Å². The molecule has 1 aliphatic rings. The van der Waals surface area contributed by atoms with Crippen molar-refractivity contribution in [2.75, 3.05) is 0 Å². The van der Waals surface area contributed by atoms with E-state index in [0.717, 1.165) is 34.1 Å². The fourth-order valence-electron chi connectivity index (χ4n) is 5.19. The van der Waals surface area contributed by atoms with Gasteiger partial charge >= 0.3 is 0 Å². The Morgan fingerprint density at radius 1 is 0.647 bits per heavy atom. The highest BCUT2D eigenvalue weighted by molar-refractivity contribution is 7.26. The van der Waals surface area contributed by atoms with E-state index in [1.807, 2.05) is 23.5 Å². The van der Waals surface area contributed by atoms with E-state index >= 15 is 0 Å². The zero-order valence-corrected chi connectivity index (χ0v) is 19.8. The van der Waals surface area contributed by atoms with E-state index in [-0.39, 0.29) is 5.41 Å². The first-order valence-electron chi connectivity index (χ1n) is 11.5. The summed E-state index contributed by atoms with van der Waals surface area (Å²) in [5, 5.41) is 2.57. The number of furan rings is 1. The second-order valence-corrected chi connectivity index (χ2v) is 10.4. The maximum absolute atomic E-state index is 6.42. The molecule has 164 valence electrons. The average molecular weight is 459 g/mol. The van der Waals surface area contributed by atoms with Crippen molar-refractivity contribution in [1.29, 1.82) is 0 Å². The van der Waals surface area contributed by atoms with E-state index in [9.17, 15) is 0 Å². The predicted molar refractivity (Wildman–Crippen MR) is 141 cm³/mol. The maximum atomic E-state index is 6.42. The molecule has 34 heavy (non-hydrogen) atoms. The monoisotopic (exact) mass is 458 g/mol. The van der Waals surface area contributed by atoms with Gasteiger partial charge in [0.1, 0.15) is 23.0 Å². The van der Waals surface area contributed by atoms with E-state index < -0.39 is 0 Å². The van der Waals surface area contributed by atoms with Gasteiger partial charge in [-0.1, -0.05) is 74.5 Å². The average Bonchev–Trinajstić information content (AvgIpc) is 3.49. The van der Waals surface area contributed by atoms with Crippen molar-refractivity contribution in [1.82, 2.24) is 0 Å². The molecule has 0 bridgehead atoms. The van der Waals surface area contributed by atoms with Crippen LogP contribution in [0.1, 0.15) is 25.0 Å². The minimum Gasteiger partial charge on any atom is -0.457 e. The molecule has 0 saturated heterocycles. The van der Waals surface area contributed by atoms with E-state index in [0.29, 0.717) is 0 Å². The Balaban J connectivity index is 1.31. The lowest BCUT2D eigenvalue weighted by Crippen LogP contribution is -2.24. The van der Waals surface area contributed by atoms with Crippen LogP contribution in [0.25, 0.3) is 42.8 Å². The first-order valence-corrected chi connectivity index (χ1v) is 12.3. The molecule has 0 unspecified atom stereocenters. The largest absolute Gasteiger partial charge is 0.457 e. The van der Waals surface area contributed by atoms with Crippen molar-refractivity contribution in [3.05, 3.63) is 108 Å². The molecule has 0 amide bonds. The van der Waals surface area contributed by atoms with Crippen LogP contribution in [0.4, 0.5) is 0 Å². The molecule has 0 N–H and O–H groups in total. The number of rotatable bonds is 2.